The highest BCUT2D eigenvalue weighted by molar-refractivity contribution is 9.10. The molecule has 0 aliphatic carbocycles. The first-order valence-corrected chi connectivity index (χ1v) is 9.71. The van der Waals surface area contributed by atoms with Gasteiger partial charge in [0.05, 0.1) is 18.7 Å². The second-order valence-electron chi connectivity index (χ2n) is 7.19. The van der Waals surface area contributed by atoms with Crippen LogP contribution in [-0.2, 0) is 13.1 Å². The minimum atomic E-state index is 0.131. The topological polar surface area (TPSA) is 43.7 Å². The maximum atomic E-state index is 12.2. The normalized spacial score (nSPS) is 22.0. The van der Waals surface area contributed by atoms with Gasteiger partial charge >= 0.3 is 0 Å². The lowest BCUT2D eigenvalue weighted by molar-refractivity contribution is 0.113. The standard InChI is InChI=1S/C20H23BrN2O3/c1-25-18-8-19(26-2)16(21)7-15(18)12-22-9-13-6-14(11-22)17-4-3-5-20(24)23(17)10-13/h3-5,7-8,13-14H,6,9-12H2,1-2H3/t13-,14?/m1/s1. The Bertz CT molecular complexity index is 880. The molecule has 6 heteroatoms. The van der Waals surface area contributed by atoms with E-state index in [1.54, 1.807) is 20.3 Å². The number of ether oxygens (including phenoxy) is 2. The number of halogens is 1. The number of likely N-dealkylation sites (tertiary alicyclic amines) is 1. The van der Waals surface area contributed by atoms with Crippen LogP contribution in [0.4, 0.5) is 0 Å². The molecule has 2 aliphatic rings. The van der Waals surface area contributed by atoms with Crippen LogP contribution in [0.2, 0.25) is 0 Å². The summed E-state index contributed by atoms with van der Waals surface area (Å²) >= 11 is 3.58. The predicted molar refractivity (Wildman–Crippen MR) is 104 cm³/mol. The van der Waals surface area contributed by atoms with E-state index >= 15 is 0 Å². The summed E-state index contributed by atoms with van der Waals surface area (Å²) in [6.07, 6.45) is 1.17. The van der Waals surface area contributed by atoms with Crippen LogP contribution in [-0.4, -0.2) is 36.8 Å². The lowest BCUT2D eigenvalue weighted by Gasteiger charge is -2.43. The Kier molecular flexibility index (Phi) is 4.80. The molecule has 1 fully saturated rings. The number of nitrogens with zero attached hydrogens (tertiary/aromatic N) is 2. The van der Waals surface area contributed by atoms with Crippen molar-refractivity contribution in [2.45, 2.75) is 25.4 Å². The van der Waals surface area contributed by atoms with Gasteiger partial charge in [0.2, 0.25) is 0 Å². The number of hydrogen-bond donors (Lipinski definition) is 0. The fraction of sp³-hybridized carbons (Fsp3) is 0.450. The van der Waals surface area contributed by atoms with Crippen molar-refractivity contribution in [3.8, 4) is 11.5 Å². The smallest absolute Gasteiger partial charge is 0.250 e. The van der Waals surface area contributed by atoms with Crippen LogP contribution in [0.1, 0.15) is 23.6 Å². The van der Waals surface area contributed by atoms with E-state index in [9.17, 15) is 4.79 Å². The number of methoxy groups -OCH3 is 2. The molecule has 0 radical (unpaired) electrons. The van der Waals surface area contributed by atoms with E-state index in [-0.39, 0.29) is 5.56 Å². The van der Waals surface area contributed by atoms with Crippen molar-refractivity contribution in [1.29, 1.82) is 0 Å². The van der Waals surface area contributed by atoms with Gasteiger partial charge in [-0.25, -0.2) is 0 Å². The third-order valence-corrected chi connectivity index (χ3v) is 6.12. The van der Waals surface area contributed by atoms with Crippen molar-refractivity contribution in [2.75, 3.05) is 27.3 Å². The molecular weight excluding hydrogens is 396 g/mol. The molecule has 3 heterocycles. The fourth-order valence-electron chi connectivity index (χ4n) is 4.41. The van der Waals surface area contributed by atoms with Crippen LogP contribution in [0, 0.1) is 5.92 Å². The summed E-state index contributed by atoms with van der Waals surface area (Å²) in [6, 6.07) is 9.68. The molecule has 26 heavy (non-hydrogen) atoms. The van der Waals surface area contributed by atoms with Crippen LogP contribution in [0.25, 0.3) is 0 Å². The summed E-state index contributed by atoms with van der Waals surface area (Å²) in [5, 5.41) is 0. The molecular formula is C20H23BrN2O3. The summed E-state index contributed by atoms with van der Waals surface area (Å²) in [4.78, 5) is 14.6. The molecule has 0 N–H and O–H groups in total. The van der Waals surface area contributed by atoms with Gasteiger partial charge in [-0.3, -0.25) is 9.69 Å². The van der Waals surface area contributed by atoms with E-state index in [4.69, 9.17) is 9.47 Å². The first-order chi connectivity index (χ1) is 12.6. The predicted octanol–water partition coefficient (Wildman–Crippen LogP) is 3.25. The number of fused-ring (bicyclic) bond motifs is 4. The van der Waals surface area contributed by atoms with E-state index in [2.05, 4.69) is 33.0 Å². The number of hydrogen-bond acceptors (Lipinski definition) is 4. The van der Waals surface area contributed by atoms with E-state index in [1.807, 2.05) is 16.7 Å². The Morgan fingerprint density at radius 1 is 1.12 bits per heavy atom. The molecule has 2 aromatic rings. The van der Waals surface area contributed by atoms with Gasteiger partial charge in [-0.1, -0.05) is 6.07 Å². The lowest BCUT2D eigenvalue weighted by Crippen LogP contribution is -2.46. The van der Waals surface area contributed by atoms with Crippen molar-refractivity contribution in [2.24, 2.45) is 5.92 Å². The highest BCUT2D eigenvalue weighted by atomic mass is 79.9. The Morgan fingerprint density at radius 2 is 1.92 bits per heavy atom. The van der Waals surface area contributed by atoms with E-state index in [0.717, 1.165) is 47.7 Å². The third-order valence-electron chi connectivity index (χ3n) is 5.50. The maximum Gasteiger partial charge on any atom is 0.250 e. The average molecular weight is 419 g/mol. The van der Waals surface area contributed by atoms with Crippen molar-refractivity contribution < 1.29 is 9.47 Å². The van der Waals surface area contributed by atoms with Crippen molar-refractivity contribution in [1.82, 2.24) is 9.47 Å². The van der Waals surface area contributed by atoms with Crippen molar-refractivity contribution >= 4 is 15.9 Å². The largest absolute Gasteiger partial charge is 0.496 e. The highest BCUT2D eigenvalue weighted by Crippen LogP contribution is 2.38. The van der Waals surface area contributed by atoms with Gasteiger partial charge in [0.1, 0.15) is 11.5 Å². The molecule has 2 aliphatic heterocycles. The Balaban J connectivity index is 1.58. The molecule has 0 saturated carbocycles. The molecule has 1 saturated heterocycles. The average Bonchev–Trinajstić information content (AvgIpc) is 2.63. The van der Waals surface area contributed by atoms with Gasteiger partial charge in [0, 0.05) is 55.5 Å². The van der Waals surface area contributed by atoms with Crippen LogP contribution >= 0.6 is 15.9 Å². The first kappa shape index (κ1) is 17.6. The number of rotatable bonds is 4. The highest BCUT2D eigenvalue weighted by Gasteiger charge is 2.34. The summed E-state index contributed by atoms with van der Waals surface area (Å²) in [7, 11) is 3.35. The van der Waals surface area contributed by atoms with Gasteiger partial charge in [0.15, 0.2) is 0 Å². The van der Waals surface area contributed by atoms with Crippen molar-refractivity contribution in [3.05, 3.63) is 56.4 Å². The third kappa shape index (κ3) is 3.16. The minimum absolute atomic E-state index is 0.131. The molecule has 0 amide bonds. The summed E-state index contributed by atoms with van der Waals surface area (Å²) in [5.74, 6) is 2.56. The van der Waals surface area contributed by atoms with Crippen LogP contribution in [0.5, 0.6) is 11.5 Å². The summed E-state index contributed by atoms with van der Waals surface area (Å²) in [5.41, 5.74) is 2.46. The molecule has 1 unspecified atom stereocenters. The monoisotopic (exact) mass is 418 g/mol. The van der Waals surface area contributed by atoms with E-state index < -0.39 is 0 Å². The zero-order valence-electron chi connectivity index (χ0n) is 15.1. The summed E-state index contributed by atoms with van der Waals surface area (Å²) in [6.45, 7) is 3.62. The number of benzene rings is 1. The second-order valence-corrected chi connectivity index (χ2v) is 8.05. The molecule has 1 aromatic heterocycles. The number of aromatic nitrogens is 1. The molecule has 1 aromatic carbocycles. The fourth-order valence-corrected chi connectivity index (χ4v) is 4.96. The molecule has 0 spiro atoms. The van der Waals surface area contributed by atoms with E-state index in [0.29, 0.717) is 11.8 Å². The van der Waals surface area contributed by atoms with E-state index in [1.165, 1.54) is 12.1 Å². The maximum absolute atomic E-state index is 12.2. The summed E-state index contributed by atoms with van der Waals surface area (Å²) < 4.78 is 13.9. The second kappa shape index (κ2) is 7.08. The first-order valence-electron chi connectivity index (χ1n) is 8.91. The Labute approximate surface area is 161 Å². The van der Waals surface area contributed by atoms with Crippen LogP contribution in [0.15, 0.2) is 39.6 Å². The SMILES string of the molecule is COc1cc(OC)c(CN2CC3C[C@H](C2)Cn2c3cccc2=O)cc1Br. The number of piperidine rings is 1. The molecule has 2 atom stereocenters. The molecule has 5 nitrogen and oxygen atoms in total. The van der Waals surface area contributed by atoms with Gasteiger partial charge < -0.3 is 14.0 Å². The quantitative estimate of drug-likeness (QED) is 0.764. The number of pyridine rings is 1. The molecule has 138 valence electrons. The van der Waals surface area contributed by atoms with Crippen LogP contribution in [0.3, 0.4) is 0 Å². The zero-order valence-corrected chi connectivity index (χ0v) is 16.7. The molecule has 4 rings (SSSR count). The van der Waals surface area contributed by atoms with Crippen molar-refractivity contribution in [3.63, 3.8) is 0 Å². The van der Waals surface area contributed by atoms with Gasteiger partial charge in [-0.05, 0) is 40.4 Å². The van der Waals surface area contributed by atoms with Gasteiger partial charge in [-0.15, -0.1) is 0 Å². The Hall–Kier alpha value is -1.79. The van der Waals surface area contributed by atoms with Crippen LogP contribution < -0.4 is 15.0 Å². The van der Waals surface area contributed by atoms with Gasteiger partial charge in [-0.2, -0.15) is 0 Å². The zero-order chi connectivity index (χ0) is 18.3. The Morgan fingerprint density at radius 3 is 2.69 bits per heavy atom. The lowest BCUT2D eigenvalue weighted by atomic mass is 9.83. The molecule has 2 bridgehead atoms. The van der Waals surface area contributed by atoms with Gasteiger partial charge in [0.25, 0.3) is 5.56 Å². The minimum Gasteiger partial charge on any atom is -0.496 e.